The zero-order valence-electron chi connectivity index (χ0n) is 14.1. The summed E-state index contributed by atoms with van der Waals surface area (Å²) in [5, 5.41) is 7.00. The van der Waals surface area contributed by atoms with E-state index in [4.69, 9.17) is 4.52 Å². The molecule has 2 aromatic heterocycles. The second kappa shape index (κ2) is 6.80. The maximum Gasteiger partial charge on any atom is 0.276 e. The summed E-state index contributed by atoms with van der Waals surface area (Å²) in [6.45, 7) is 0.462. The van der Waals surface area contributed by atoms with Crippen LogP contribution in [0, 0.1) is 0 Å². The van der Waals surface area contributed by atoms with E-state index in [-0.39, 0.29) is 5.91 Å². The lowest BCUT2D eigenvalue weighted by Gasteiger charge is -2.16. The van der Waals surface area contributed by atoms with Crippen molar-refractivity contribution in [2.75, 3.05) is 7.05 Å². The van der Waals surface area contributed by atoms with Crippen molar-refractivity contribution in [3.8, 4) is 10.6 Å². The molecule has 0 atom stereocenters. The van der Waals surface area contributed by atoms with E-state index in [1.54, 1.807) is 23.3 Å². The molecule has 1 amide bonds. The first-order valence-corrected chi connectivity index (χ1v) is 9.33. The number of hydrogen-bond acceptors (Lipinski definition) is 5. The molecule has 0 aliphatic heterocycles. The van der Waals surface area contributed by atoms with E-state index >= 15 is 0 Å². The maximum atomic E-state index is 12.7. The second-order valence-corrected chi connectivity index (χ2v) is 7.17. The van der Waals surface area contributed by atoms with Gasteiger partial charge in [0.1, 0.15) is 10.8 Å². The summed E-state index contributed by atoms with van der Waals surface area (Å²) >= 11 is 1.59. The lowest BCUT2D eigenvalue weighted by Crippen LogP contribution is -2.27. The van der Waals surface area contributed by atoms with Crippen LogP contribution in [0.4, 0.5) is 0 Å². The van der Waals surface area contributed by atoms with E-state index in [9.17, 15) is 4.79 Å². The Morgan fingerprint density at radius 3 is 2.88 bits per heavy atom. The summed E-state index contributed by atoms with van der Waals surface area (Å²) in [6, 6.07) is 10.1. The standard InChI is InChI=1S/C19H19N3O2S/c1-22(19(23)17-15-9-5-6-10-16(15)24-21-17)11-14-12-25-18(20-14)13-7-3-2-4-8-13/h2-4,7-8,12H,5-6,9-11H2,1H3. The van der Waals surface area contributed by atoms with Gasteiger partial charge in [0.15, 0.2) is 5.69 Å². The van der Waals surface area contributed by atoms with E-state index in [1.807, 2.05) is 35.7 Å². The van der Waals surface area contributed by atoms with Gasteiger partial charge in [-0.05, 0) is 19.3 Å². The number of nitrogens with zero attached hydrogens (tertiary/aromatic N) is 3. The van der Waals surface area contributed by atoms with Crippen LogP contribution in [0.25, 0.3) is 10.6 Å². The van der Waals surface area contributed by atoms with Crippen molar-refractivity contribution in [2.24, 2.45) is 0 Å². The molecule has 0 unspecified atom stereocenters. The maximum absolute atomic E-state index is 12.7. The summed E-state index contributed by atoms with van der Waals surface area (Å²) in [6.07, 6.45) is 3.95. The molecule has 0 N–H and O–H groups in total. The van der Waals surface area contributed by atoms with Crippen LogP contribution in [-0.4, -0.2) is 28.0 Å². The Kier molecular flexibility index (Phi) is 4.36. The molecule has 0 spiro atoms. The van der Waals surface area contributed by atoms with Crippen molar-refractivity contribution in [3.63, 3.8) is 0 Å². The third-order valence-electron chi connectivity index (χ3n) is 4.47. The number of aromatic nitrogens is 2. The molecule has 1 aliphatic carbocycles. The Bertz CT molecular complexity index is 885. The molecule has 25 heavy (non-hydrogen) atoms. The molecule has 0 saturated heterocycles. The van der Waals surface area contributed by atoms with Crippen molar-refractivity contribution in [1.29, 1.82) is 0 Å². The van der Waals surface area contributed by atoms with Gasteiger partial charge in [-0.25, -0.2) is 4.98 Å². The highest BCUT2D eigenvalue weighted by Gasteiger charge is 2.26. The molecule has 1 aliphatic rings. The van der Waals surface area contributed by atoms with Gasteiger partial charge >= 0.3 is 0 Å². The summed E-state index contributed by atoms with van der Waals surface area (Å²) < 4.78 is 5.36. The fourth-order valence-corrected chi connectivity index (χ4v) is 3.96. The van der Waals surface area contributed by atoms with E-state index in [2.05, 4.69) is 10.1 Å². The first-order valence-electron chi connectivity index (χ1n) is 8.45. The smallest absolute Gasteiger partial charge is 0.276 e. The SMILES string of the molecule is CN(Cc1csc(-c2ccccc2)n1)C(=O)c1noc2c1CCCC2. The highest BCUT2D eigenvalue weighted by atomic mass is 32.1. The molecular formula is C19H19N3O2S. The van der Waals surface area contributed by atoms with Gasteiger partial charge in [0, 0.05) is 30.0 Å². The van der Waals surface area contributed by atoms with E-state index in [0.717, 1.165) is 53.3 Å². The molecule has 2 heterocycles. The van der Waals surface area contributed by atoms with Crippen LogP contribution in [0.3, 0.4) is 0 Å². The average Bonchev–Trinajstić information content (AvgIpc) is 3.29. The van der Waals surface area contributed by atoms with Gasteiger partial charge in [0.25, 0.3) is 5.91 Å². The number of amides is 1. The van der Waals surface area contributed by atoms with Gasteiger partial charge in [-0.2, -0.15) is 0 Å². The van der Waals surface area contributed by atoms with Crippen LogP contribution in [0.2, 0.25) is 0 Å². The Morgan fingerprint density at radius 1 is 1.24 bits per heavy atom. The van der Waals surface area contributed by atoms with Crippen molar-refractivity contribution in [1.82, 2.24) is 15.0 Å². The number of hydrogen-bond donors (Lipinski definition) is 0. The third-order valence-corrected chi connectivity index (χ3v) is 5.41. The van der Waals surface area contributed by atoms with Crippen LogP contribution < -0.4 is 0 Å². The first kappa shape index (κ1) is 16.0. The molecule has 5 nitrogen and oxygen atoms in total. The van der Waals surface area contributed by atoms with Gasteiger partial charge in [-0.3, -0.25) is 4.79 Å². The summed E-state index contributed by atoms with van der Waals surface area (Å²) in [7, 11) is 1.79. The minimum atomic E-state index is -0.0961. The molecule has 0 saturated carbocycles. The number of aryl methyl sites for hydroxylation is 1. The van der Waals surface area contributed by atoms with Gasteiger partial charge in [0.2, 0.25) is 0 Å². The minimum absolute atomic E-state index is 0.0961. The average molecular weight is 353 g/mol. The highest BCUT2D eigenvalue weighted by Crippen LogP contribution is 2.26. The van der Waals surface area contributed by atoms with Crippen molar-refractivity contribution < 1.29 is 9.32 Å². The number of rotatable bonds is 4. The minimum Gasteiger partial charge on any atom is -0.360 e. The van der Waals surface area contributed by atoms with Gasteiger partial charge in [0.05, 0.1) is 12.2 Å². The molecular weight excluding hydrogens is 334 g/mol. The molecule has 3 aromatic rings. The summed E-state index contributed by atoms with van der Waals surface area (Å²) in [5.41, 5.74) is 3.44. The molecule has 1 aromatic carbocycles. The van der Waals surface area contributed by atoms with Crippen molar-refractivity contribution in [3.05, 3.63) is 58.4 Å². The Morgan fingerprint density at radius 2 is 2.04 bits per heavy atom. The van der Waals surface area contributed by atoms with Crippen LogP contribution in [0.15, 0.2) is 40.2 Å². The lowest BCUT2D eigenvalue weighted by atomic mass is 9.96. The quantitative estimate of drug-likeness (QED) is 0.712. The number of fused-ring (bicyclic) bond motifs is 1. The number of benzene rings is 1. The predicted octanol–water partition coefficient (Wildman–Crippen LogP) is 3.95. The third kappa shape index (κ3) is 3.22. The lowest BCUT2D eigenvalue weighted by molar-refractivity contribution is 0.0772. The van der Waals surface area contributed by atoms with Crippen molar-refractivity contribution in [2.45, 2.75) is 32.2 Å². The molecule has 4 rings (SSSR count). The number of thiazole rings is 1. The predicted molar refractivity (Wildman–Crippen MR) is 96.5 cm³/mol. The Balaban J connectivity index is 1.49. The van der Waals surface area contributed by atoms with E-state index in [0.29, 0.717) is 12.2 Å². The van der Waals surface area contributed by atoms with Gasteiger partial charge < -0.3 is 9.42 Å². The molecule has 128 valence electrons. The molecule has 6 heteroatoms. The summed E-state index contributed by atoms with van der Waals surface area (Å²) in [5.74, 6) is 0.782. The number of carbonyl (C=O) groups excluding carboxylic acids is 1. The summed E-state index contributed by atoms with van der Waals surface area (Å²) in [4.78, 5) is 19.1. The van der Waals surface area contributed by atoms with Crippen molar-refractivity contribution >= 4 is 17.2 Å². The zero-order valence-corrected chi connectivity index (χ0v) is 14.9. The molecule has 0 bridgehead atoms. The Hall–Kier alpha value is -2.47. The topological polar surface area (TPSA) is 59.2 Å². The van der Waals surface area contributed by atoms with Crippen LogP contribution >= 0.6 is 11.3 Å². The second-order valence-electron chi connectivity index (χ2n) is 6.31. The highest BCUT2D eigenvalue weighted by molar-refractivity contribution is 7.13. The van der Waals surface area contributed by atoms with E-state index in [1.165, 1.54) is 0 Å². The van der Waals surface area contributed by atoms with Crippen LogP contribution in [0.5, 0.6) is 0 Å². The number of carbonyl (C=O) groups is 1. The van der Waals surface area contributed by atoms with Crippen LogP contribution in [-0.2, 0) is 19.4 Å². The monoisotopic (exact) mass is 353 g/mol. The fourth-order valence-electron chi connectivity index (χ4n) is 3.14. The van der Waals surface area contributed by atoms with Crippen LogP contribution in [0.1, 0.15) is 40.3 Å². The Labute approximate surface area is 150 Å². The molecule has 0 fully saturated rings. The zero-order chi connectivity index (χ0) is 17.2. The van der Waals surface area contributed by atoms with Gasteiger partial charge in [-0.1, -0.05) is 35.5 Å². The largest absolute Gasteiger partial charge is 0.360 e. The fraction of sp³-hybridized carbons (Fsp3) is 0.316. The van der Waals surface area contributed by atoms with E-state index < -0.39 is 0 Å². The van der Waals surface area contributed by atoms with Gasteiger partial charge in [-0.15, -0.1) is 11.3 Å². The first-order chi connectivity index (χ1) is 12.2. The normalized spacial score (nSPS) is 13.5. The molecule has 0 radical (unpaired) electrons.